The molecule has 318 valence electrons. The molecule has 1 aliphatic rings. The molecule has 1 amide bonds. The zero-order chi connectivity index (χ0) is 40.0. The Hall–Kier alpha value is -1.84. The summed E-state index contributed by atoms with van der Waals surface area (Å²) in [4.78, 5) is 39.4. The largest absolute Gasteiger partial charge is 0.462 e. The Balaban J connectivity index is 2.98. The number of amides is 1. The fourth-order valence-corrected chi connectivity index (χ4v) is 7.38. The predicted molar refractivity (Wildman–Crippen MR) is 208 cm³/mol. The molecule has 0 spiro atoms. The van der Waals surface area contributed by atoms with Gasteiger partial charge < -0.3 is 29.7 Å². The van der Waals surface area contributed by atoms with Gasteiger partial charge in [-0.15, -0.1) is 0 Å². The zero-order valence-electron chi connectivity index (χ0n) is 33.7. The van der Waals surface area contributed by atoms with Crippen molar-refractivity contribution in [2.24, 2.45) is 0 Å². The van der Waals surface area contributed by atoms with Crippen molar-refractivity contribution in [3.8, 4) is 0 Å². The van der Waals surface area contributed by atoms with Crippen molar-refractivity contribution < 1.29 is 56.0 Å². The first kappa shape index (κ1) is 50.2. The summed E-state index contributed by atoms with van der Waals surface area (Å²) in [6.07, 6.45) is 16.8. The first-order valence-corrected chi connectivity index (χ1v) is 22.6. The summed E-state index contributed by atoms with van der Waals surface area (Å²) in [7, 11) is -5.14. The summed E-state index contributed by atoms with van der Waals surface area (Å²) in [6, 6.07) is -1.53. The van der Waals surface area contributed by atoms with Gasteiger partial charge in [0.2, 0.25) is 5.91 Å². The molecule has 0 saturated carbocycles. The van der Waals surface area contributed by atoms with E-state index in [9.17, 15) is 37.6 Å². The third kappa shape index (κ3) is 24.6. The van der Waals surface area contributed by atoms with Crippen LogP contribution in [0, 0.1) is 0 Å². The van der Waals surface area contributed by atoms with Crippen molar-refractivity contribution in [2.45, 2.75) is 231 Å². The van der Waals surface area contributed by atoms with Gasteiger partial charge in [0.05, 0.1) is 13.0 Å². The SMILES string of the molecule is CCCCCCCCCCCC(CC(=O)N[C@H]1C(O)O[C@H](CO)[C@@H](OS(=O)(=O)O)[C@@H]1OC(=O)CCCCCCCCC)OC(=O)CCCCCCCCC. The van der Waals surface area contributed by atoms with Crippen molar-refractivity contribution in [1.29, 1.82) is 0 Å². The lowest BCUT2D eigenvalue weighted by molar-refractivity contribution is -0.254. The highest BCUT2D eigenvalue weighted by atomic mass is 32.3. The van der Waals surface area contributed by atoms with Crippen molar-refractivity contribution in [1.82, 2.24) is 5.32 Å². The topological polar surface area (TPSA) is 195 Å². The highest BCUT2D eigenvalue weighted by Gasteiger charge is 2.50. The lowest BCUT2D eigenvalue weighted by Crippen LogP contribution is -2.66. The molecule has 13 nitrogen and oxygen atoms in total. The molecule has 6 atom stereocenters. The number of hydrogen-bond acceptors (Lipinski definition) is 11. The highest BCUT2D eigenvalue weighted by molar-refractivity contribution is 7.80. The molecule has 1 saturated heterocycles. The van der Waals surface area contributed by atoms with Gasteiger partial charge in [0.15, 0.2) is 12.4 Å². The van der Waals surface area contributed by atoms with E-state index in [1.54, 1.807) is 0 Å². The Morgan fingerprint density at radius 3 is 1.57 bits per heavy atom. The monoisotopic (exact) mass is 794 g/mol. The van der Waals surface area contributed by atoms with Crippen LogP contribution in [0.5, 0.6) is 0 Å². The van der Waals surface area contributed by atoms with Gasteiger partial charge in [-0.2, -0.15) is 8.42 Å². The molecule has 1 aliphatic heterocycles. The molecule has 0 radical (unpaired) electrons. The minimum Gasteiger partial charge on any atom is -0.462 e. The third-order valence-electron chi connectivity index (χ3n) is 9.98. The summed E-state index contributed by atoms with van der Waals surface area (Å²) in [5.41, 5.74) is 0. The van der Waals surface area contributed by atoms with E-state index in [4.69, 9.17) is 18.4 Å². The number of nitrogens with one attached hydrogen (secondary N) is 1. The Morgan fingerprint density at radius 2 is 1.11 bits per heavy atom. The average Bonchev–Trinajstić information content (AvgIpc) is 3.12. The van der Waals surface area contributed by atoms with Crippen molar-refractivity contribution >= 4 is 28.2 Å². The van der Waals surface area contributed by atoms with Crippen LogP contribution in [0.2, 0.25) is 0 Å². The van der Waals surface area contributed by atoms with E-state index in [-0.39, 0.29) is 25.2 Å². The second-order valence-corrected chi connectivity index (χ2v) is 16.0. The first-order chi connectivity index (χ1) is 25.9. The predicted octanol–water partition coefficient (Wildman–Crippen LogP) is 7.78. The maximum absolute atomic E-state index is 13.5. The highest BCUT2D eigenvalue weighted by Crippen LogP contribution is 2.27. The number of ether oxygens (including phenoxy) is 3. The van der Waals surface area contributed by atoms with E-state index in [0.717, 1.165) is 83.5 Å². The Morgan fingerprint density at radius 1 is 0.667 bits per heavy atom. The fraction of sp³-hybridized carbons (Fsp3) is 0.925. The first-order valence-electron chi connectivity index (χ1n) is 21.2. The number of carbonyl (C=O) groups is 3. The van der Waals surface area contributed by atoms with Crippen LogP contribution in [-0.4, -0.2) is 84.4 Å². The van der Waals surface area contributed by atoms with Crippen molar-refractivity contribution in [2.75, 3.05) is 6.61 Å². The Labute approximate surface area is 326 Å². The summed E-state index contributed by atoms with van der Waals surface area (Å²) in [5, 5.41) is 23.4. The van der Waals surface area contributed by atoms with E-state index in [1.807, 2.05) is 0 Å². The number of aliphatic hydroxyl groups excluding tert-OH is 2. The van der Waals surface area contributed by atoms with Gasteiger partial charge in [0.25, 0.3) is 0 Å². The molecule has 1 heterocycles. The van der Waals surface area contributed by atoms with Gasteiger partial charge in [-0.25, -0.2) is 4.18 Å². The Bertz CT molecular complexity index is 1090. The Kier molecular flexibility index (Phi) is 29.1. The molecule has 14 heteroatoms. The molecule has 54 heavy (non-hydrogen) atoms. The molecule has 0 bridgehead atoms. The van der Waals surface area contributed by atoms with Gasteiger partial charge in [-0.1, -0.05) is 149 Å². The summed E-state index contributed by atoms with van der Waals surface area (Å²) in [5.74, 6) is -1.78. The lowest BCUT2D eigenvalue weighted by Gasteiger charge is -2.43. The third-order valence-corrected chi connectivity index (χ3v) is 10.4. The number of aliphatic hydroxyl groups is 2. The van der Waals surface area contributed by atoms with Crippen LogP contribution in [0.1, 0.15) is 194 Å². The van der Waals surface area contributed by atoms with Crippen LogP contribution in [0.25, 0.3) is 0 Å². The van der Waals surface area contributed by atoms with Gasteiger partial charge in [0.1, 0.15) is 24.4 Å². The van der Waals surface area contributed by atoms with Gasteiger partial charge >= 0.3 is 22.3 Å². The minimum atomic E-state index is -5.14. The van der Waals surface area contributed by atoms with E-state index in [1.165, 1.54) is 51.4 Å². The molecular formula is C40H75NO12S. The molecule has 1 fully saturated rings. The number of esters is 2. The molecule has 0 aliphatic carbocycles. The normalized spacial score (nSPS) is 20.7. The van der Waals surface area contributed by atoms with Crippen molar-refractivity contribution in [3.05, 3.63) is 0 Å². The van der Waals surface area contributed by atoms with Crippen LogP contribution in [0.3, 0.4) is 0 Å². The summed E-state index contributed by atoms with van der Waals surface area (Å²) >= 11 is 0. The second kappa shape index (κ2) is 31.3. The average molecular weight is 794 g/mol. The van der Waals surface area contributed by atoms with Gasteiger partial charge in [-0.05, 0) is 25.7 Å². The quantitative estimate of drug-likeness (QED) is 0.0281. The van der Waals surface area contributed by atoms with Crippen LogP contribution < -0.4 is 5.32 Å². The fourth-order valence-electron chi connectivity index (χ4n) is 6.86. The number of carbonyl (C=O) groups excluding carboxylic acids is 3. The molecule has 1 rings (SSSR count). The van der Waals surface area contributed by atoms with Crippen LogP contribution >= 0.6 is 0 Å². The molecule has 0 aromatic carbocycles. The second-order valence-electron chi connectivity index (χ2n) is 15.0. The molecule has 0 aromatic rings. The molecule has 4 N–H and O–H groups in total. The smallest absolute Gasteiger partial charge is 0.397 e. The van der Waals surface area contributed by atoms with Gasteiger partial charge in [-0.3, -0.25) is 18.9 Å². The molecule has 0 aromatic heterocycles. The van der Waals surface area contributed by atoms with E-state index >= 15 is 0 Å². The van der Waals surface area contributed by atoms with Crippen LogP contribution in [-0.2, 0) is 43.2 Å². The zero-order valence-corrected chi connectivity index (χ0v) is 34.5. The maximum atomic E-state index is 13.5. The summed E-state index contributed by atoms with van der Waals surface area (Å²) in [6.45, 7) is 5.64. The number of hydrogen-bond donors (Lipinski definition) is 4. The lowest BCUT2D eigenvalue weighted by atomic mass is 9.96. The maximum Gasteiger partial charge on any atom is 0.397 e. The number of rotatable bonds is 34. The van der Waals surface area contributed by atoms with E-state index in [2.05, 4.69) is 26.1 Å². The molecular weight excluding hydrogens is 719 g/mol. The van der Waals surface area contributed by atoms with Crippen molar-refractivity contribution in [3.63, 3.8) is 0 Å². The van der Waals surface area contributed by atoms with Crippen LogP contribution in [0.15, 0.2) is 0 Å². The van der Waals surface area contributed by atoms with E-state index in [0.29, 0.717) is 19.3 Å². The van der Waals surface area contributed by atoms with E-state index < -0.39 is 65.6 Å². The minimum absolute atomic E-state index is 0.0141. The van der Waals surface area contributed by atoms with Crippen LogP contribution in [0.4, 0.5) is 0 Å². The standard InChI is InChI=1S/C40H75NO12S/c1-4-7-10-13-16-17-20-21-24-27-32(50-35(44)28-25-22-18-14-11-8-5-2)30-34(43)41-37-39(52-36(45)29-26-23-19-15-12-9-6-3)38(53-54(47,48)49)33(31-42)51-40(37)46/h32-33,37-40,42,46H,4-31H2,1-3H3,(H,41,43)(H,47,48,49)/t32?,33-,37-,38-,39-,40?/m1/s1. The van der Waals surface area contributed by atoms with Gasteiger partial charge in [0, 0.05) is 12.8 Å². The number of unbranched alkanes of at least 4 members (excludes halogenated alkanes) is 20. The molecule has 2 unspecified atom stereocenters. The summed E-state index contributed by atoms with van der Waals surface area (Å²) < 4.78 is 54.7.